The van der Waals surface area contributed by atoms with Crippen molar-refractivity contribution in [2.45, 2.75) is 13.5 Å². The van der Waals surface area contributed by atoms with Gasteiger partial charge in [0.1, 0.15) is 17.2 Å². The van der Waals surface area contributed by atoms with Gasteiger partial charge in [-0.3, -0.25) is 9.69 Å². The first-order chi connectivity index (χ1) is 15.5. The number of aromatic hydroxyl groups is 2. The lowest BCUT2D eigenvalue weighted by molar-refractivity contribution is 0.0342. The van der Waals surface area contributed by atoms with Gasteiger partial charge in [-0.1, -0.05) is 23.7 Å². The number of carbonyl (C=O) groups excluding carboxylic acids is 1. The molecule has 3 aromatic rings. The molecule has 0 atom stereocenters. The Morgan fingerprint density at radius 2 is 1.78 bits per heavy atom. The summed E-state index contributed by atoms with van der Waals surface area (Å²) in [5, 5.41) is 23.2. The zero-order chi connectivity index (χ0) is 22.7. The van der Waals surface area contributed by atoms with Crippen LogP contribution in [0.15, 0.2) is 48.5 Å². The quantitative estimate of drug-likeness (QED) is 0.526. The molecule has 0 saturated carbocycles. The zero-order valence-corrected chi connectivity index (χ0v) is 18.6. The van der Waals surface area contributed by atoms with Gasteiger partial charge in [0.25, 0.3) is 5.91 Å². The lowest BCUT2D eigenvalue weighted by Gasteiger charge is -2.26. The van der Waals surface area contributed by atoms with Crippen LogP contribution in [0.25, 0.3) is 16.9 Å². The van der Waals surface area contributed by atoms with Crippen molar-refractivity contribution in [1.82, 2.24) is 14.8 Å². The van der Waals surface area contributed by atoms with Crippen LogP contribution in [0.1, 0.15) is 23.0 Å². The number of morpholine rings is 1. The molecule has 1 amide bonds. The number of hydrogen-bond acceptors (Lipinski definition) is 5. The van der Waals surface area contributed by atoms with Crippen LogP contribution in [0, 0.1) is 0 Å². The van der Waals surface area contributed by atoms with Crippen LogP contribution >= 0.6 is 11.6 Å². The SMILES string of the molecule is CCNC(=O)c1ccc(-c2cc(Cl)c(O)cc2O)n1-c1ccc(CN2CCOCC2)cc1. The van der Waals surface area contributed by atoms with Crippen molar-refractivity contribution in [2.24, 2.45) is 0 Å². The summed E-state index contributed by atoms with van der Waals surface area (Å²) >= 11 is 6.10. The highest BCUT2D eigenvalue weighted by Crippen LogP contribution is 2.39. The molecule has 1 aliphatic rings. The van der Waals surface area contributed by atoms with Gasteiger partial charge in [0.05, 0.1) is 23.9 Å². The van der Waals surface area contributed by atoms with Gasteiger partial charge in [-0.2, -0.15) is 0 Å². The fraction of sp³-hybridized carbons (Fsp3) is 0.292. The number of carbonyl (C=O) groups is 1. The molecule has 0 bridgehead atoms. The lowest BCUT2D eigenvalue weighted by atomic mass is 10.1. The maximum atomic E-state index is 12.7. The van der Waals surface area contributed by atoms with Crippen molar-refractivity contribution in [3.05, 3.63) is 64.8 Å². The average Bonchev–Trinajstić information content (AvgIpc) is 3.23. The maximum absolute atomic E-state index is 12.7. The van der Waals surface area contributed by atoms with Gasteiger partial charge in [-0.05, 0) is 42.8 Å². The van der Waals surface area contributed by atoms with Gasteiger partial charge < -0.3 is 24.8 Å². The lowest BCUT2D eigenvalue weighted by Crippen LogP contribution is -2.35. The molecule has 7 nitrogen and oxygen atoms in total. The highest BCUT2D eigenvalue weighted by atomic mass is 35.5. The Morgan fingerprint density at radius 3 is 2.47 bits per heavy atom. The number of ether oxygens (including phenoxy) is 1. The van der Waals surface area contributed by atoms with Crippen molar-refractivity contribution >= 4 is 17.5 Å². The molecule has 0 radical (unpaired) electrons. The Labute approximate surface area is 191 Å². The van der Waals surface area contributed by atoms with Gasteiger partial charge >= 0.3 is 0 Å². The van der Waals surface area contributed by atoms with E-state index in [9.17, 15) is 15.0 Å². The molecular formula is C24H26ClN3O4. The molecule has 32 heavy (non-hydrogen) atoms. The molecule has 1 aromatic heterocycles. The summed E-state index contributed by atoms with van der Waals surface area (Å²) in [6, 6.07) is 14.2. The summed E-state index contributed by atoms with van der Waals surface area (Å²) < 4.78 is 7.20. The highest BCUT2D eigenvalue weighted by Gasteiger charge is 2.20. The Morgan fingerprint density at radius 1 is 1.06 bits per heavy atom. The number of phenols is 2. The smallest absolute Gasteiger partial charge is 0.268 e. The maximum Gasteiger partial charge on any atom is 0.268 e. The highest BCUT2D eigenvalue weighted by molar-refractivity contribution is 6.32. The van der Waals surface area contributed by atoms with Crippen molar-refractivity contribution in [3.63, 3.8) is 0 Å². The first-order valence-corrected chi connectivity index (χ1v) is 11.0. The Balaban J connectivity index is 1.73. The van der Waals surface area contributed by atoms with Crippen molar-refractivity contribution in [1.29, 1.82) is 0 Å². The summed E-state index contributed by atoms with van der Waals surface area (Å²) in [5.41, 5.74) is 3.39. The van der Waals surface area contributed by atoms with E-state index in [4.69, 9.17) is 16.3 Å². The van der Waals surface area contributed by atoms with E-state index in [1.807, 2.05) is 31.2 Å². The number of nitrogens with zero attached hydrogens (tertiary/aromatic N) is 2. The summed E-state index contributed by atoms with van der Waals surface area (Å²) in [5.74, 6) is -0.555. The Kier molecular flexibility index (Phi) is 6.69. The van der Waals surface area contributed by atoms with E-state index in [-0.39, 0.29) is 22.4 Å². The topological polar surface area (TPSA) is 87.0 Å². The number of halogens is 1. The van der Waals surface area contributed by atoms with Gasteiger partial charge in [-0.25, -0.2) is 0 Å². The minimum absolute atomic E-state index is 0.117. The van der Waals surface area contributed by atoms with Gasteiger partial charge in [0, 0.05) is 43.5 Å². The molecule has 0 aliphatic carbocycles. The first kappa shape index (κ1) is 22.2. The molecule has 1 saturated heterocycles. The van der Waals surface area contributed by atoms with Gasteiger partial charge in [-0.15, -0.1) is 0 Å². The number of nitrogens with one attached hydrogen (secondary N) is 1. The number of rotatable bonds is 6. The first-order valence-electron chi connectivity index (χ1n) is 10.6. The third kappa shape index (κ3) is 4.60. The second-order valence-electron chi connectivity index (χ2n) is 7.67. The van der Waals surface area contributed by atoms with E-state index >= 15 is 0 Å². The Bertz CT molecular complexity index is 1110. The fourth-order valence-electron chi connectivity index (χ4n) is 3.88. The molecule has 1 fully saturated rings. The number of hydrogen-bond donors (Lipinski definition) is 3. The summed E-state index contributed by atoms with van der Waals surface area (Å²) in [4.78, 5) is 15.1. The molecule has 0 unspecified atom stereocenters. The van der Waals surface area contributed by atoms with Crippen molar-refractivity contribution in [2.75, 3.05) is 32.8 Å². The van der Waals surface area contributed by atoms with Crippen molar-refractivity contribution < 1.29 is 19.7 Å². The second kappa shape index (κ2) is 9.65. The van der Waals surface area contributed by atoms with Crippen LogP contribution in [-0.2, 0) is 11.3 Å². The van der Waals surface area contributed by atoms with Crippen LogP contribution in [0.3, 0.4) is 0 Å². The number of aromatic nitrogens is 1. The summed E-state index contributed by atoms with van der Waals surface area (Å²) in [6.07, 6.45) is 0. The number of benzene rings is 2. The average molecular weight is 456 g/mol. The van der Waals surface area contributed by atoms with Crippen molar-refractivity contribution in [3.8, 4) is 28.4 Å². The third-order valence-electron chi connectivity index (χ3n) is 5.50. The summed E-state index contributed by atoms with van der Waals surface area (Å²) in [6.45, 7) is 6.50. The molecule has 168 valence electrons. The largest absolute Gasteiger partial charge is 0.507 e. The van der Waals surface area contributed by atoms with Crippen LogP contribution in [0.2, 0.25) is 5.02 Å². The molecule has 0 spiro atoms. The monoisotopic (exact) mass is 455 g/mol. The molecule has 2 aromatic carbocycles. The van der Waals surface area contributed by atoms with Crippen LogP contribution in [0.4, 0.5) is 0 Å². The van der Waals surface area contributed by atoms with E-state index in [1.165, 1.54) is 17.7 Å². The molecular weight excluding hydrogens is 430 g/mol. The third-order valence-corrected chi connectivity index (χ3v) is 5.80. The fourth-order valence-corrected chi connectivity index (χ4v) is 4.04. The molecule has 4 rings (SSSR count). The predicted molar refractivity (Wildman–Crippen MR) is 124 cm³/mol. The number of phenolic OH excluding ortho intramolecular Hbond substituents is 2. The van der Waals surface area contributed by atoms with Crippen LogP contribution in [0.5, 0.6) is 11.5 Å². The van der Waals surface area contributed by atoms with E-state index < -0.39 is 0 Å². The van der Waals surface area contributed by atoms with E-state index in [2.05, 4.69) is 10.2 Å². The van der Waals surface area contributed by atoms with Gasteiger partial charge in [0.15, 0.2) is 0 Å². The standard InChI is InChI=1S/C24H26ClN3O4/c1-2-26-24(31)21-8-7-20(18-13-19(25)23(30)14-22(18)29)28(21)17-5-3-16(4-6-17)15-27-9-11-32-12-10-27/h3-8,13-14,29-30H,2,9-12,15H2,1H3,(H,26,31). The molecule has 1 aliphatic heterocycles. The molecule has 3 N–H and O–H groups in total. The van der Waals surface area contributed by atoms with E-state index in [0.717, 1.165) is 38.5 Å². The predicted octanol–water partition coefficient (Wildman–Crippen LogP) is 3.79. The van der Waals surface area contributed by atoms with Crippen LogP contribution < -0.4 is 5.32 Å². The minimum atomic E-state index is -0.222. The van der Waals surface area contributed by atoms with Gasteiger partial charge in [0.2, 0.25) is 0 Å². The summed E-state index contributed by atoms with van der Waals surface area (Å²) in [7, 11) is 0. The van der Waals surface area contributed by atoms with E-state index in [0.29, 0.717) is 23.5 Å². The normalized spacial score (nSPS) is 14.4. The second-order valence-corrected chi connectivity index (χ2v) is 8.08. The molecule has 2 heterocycles. The minimum Gasteiger partial charge on any atom is -0.507 e. The number of amides is 1. The molecule has 8 heteroatoms. The zero-order valence-electron chi connectivity index (χ0n) is 17.8. The van der Waals surface area contributed by atoms with Crippen LogP contribution in [-0.4, -0.2) is 58.4 Å². The Hall–Kier alpha value is -3.00. The van der Waals surface area contributed by atoms with E-state index in [1.54, 1.807) is 16.7 Å².